The molecule has 0 saturated heterocycles. The zero-order valence-electron chi connectivity index (χ0n) is 18.1. The molecule has 0 unspecified atom stereocenters. The molecular weight excluding hydrogens is 467 g/mol. The second-order valence-corrected chi connectivity index (χ2v) is 9.82. The largest absolute Gasteiger partial charge is 0.573 e. The van der Waals surface area contributed by atoms with Gasteiger partial charge in [-0.05, 0) is 60.4 Å². The Hall–Kier alpha value is -3.08. The minimum Gasteiger partial charge on any atom is -0.406 e. The lowest BCUT2D eigenvalue weighted by Gasteiger charge is -2.29. The van der Waals surface area contributed by atoms with Gasteiger partial charge in [-0.1, -0.05) is 36.4 Å². The summed E-state index contributed by atoms with van der Waals surface area (Å²) in [6.07, 6.45) is -4.07. The van der Waals surface area contributed by atoms with Gasteiger partial charge in [0, 0.05) is 17.9 Å². The van der Waals surface area contributed by atoms with Crippen LogP contribution >= 0.6 is 0 Å². The van der Waals surface area contributed by atoms with Crippen molar-refractivity contribution in [1.82, 2.24) is 4.72 Å². The minimum absolute atomic E-state index is 0.0142. The number of ether oxygens (including phenoxy) is 1. The third-order valence-electron chi connectivity index (χ3n) is 5.53. The number of anilines is 2. The molecule has 3 N–H and O–H groups in total. The molecule has 0 aliphatic carbocycles. The molecule has 4 rings (SSSR count). The first-order chi connectivity index (χ1) is 16.1. The van der Waals surface area contributed by atoms with Crippen LogP contribution in [-0.4, -0.2) is 34.9 Å². The van der Waals surface area contributed by atoms with Crippen LogP contribution in [0.2, 0.25) is 0 Å². The Kier molecular flexibility index (Phi) is 6.83. The van der Waals surface area contributed by atoms with Gasteiger partial charge in [0.25, 0.3) is 0 Å². The van der Waals surface area contributed by atoms with Crippen LogP contribution in [0.3, 0.4) is 0 Å². The van der Waals surface area contributed by atoms with Crippen LogP contribution in [0.5, 0.6) is 5.75 Å². The van der Waals surface area contributed by atoms with E-state index in [1.54, 1.807) is 0 Å². The predicted molar refractivity (Wildman–Crippen MR) is 124 cm³/mol. The standard InChI is InChI=1S/C24H24F3N3O3S/c25-24(26,27)33-20-11-13-21(14-12-20)34(28,32)29-15-19(31)16-30-22-7-3-1-5-17(22)9-10-18-6-2-4-8-23(18)30/h1-8,11-14,19,31H,9-10,15-16H2,(H2,28,29,32)/t19-,34-/m1/s1. The molecule has 0 radical (unpaired) electrons. The van der Waals surface area contributed by atoms with Crippen LogP contribution < -0.4 is 14.4 Å². The highest BCUT2D eigenvalue weighted by molar-refractivity contribution is 7.90. The van der Waals surface area contributed by atoms with Gasteiger partial charge in [-0.25, -0.2) is 13.7 Å². The van der Waals surface area contributed by atoms with Crippen LogP contribution in [0.4, 0.5) is 24.5 Å². The number of benzene rings is 3. The first-order valence-corrected chi connectivity index (χ1v) is 12.2. The number of nitrogens with zero attached hydrogens (tertiary/aromatic N) is 1. The second kappa shape index (κ2) is 9.65. The minimum atomic E-state index is -4.84. The van der Waals surface area contributed by atoms with Gasteiger partial charge in [-0.3, -0.25) is 0 Å². The smallest absolute Gasteiger partial charge is 0.406 e. The Bertz CT molecular complexity index is 1200. The fourth-order valence-corrected chi connectivity index (χ4v) is 5.09. The first-order valence-electron chi connectivity index (χ1n) is 10.6. The van der Waals surface area contributed by atoms with Crippen molar-refractivity contribution in [3.05, 3.63) is 83.9 Å². The number of β-amino-alcohol motifs (C(OH)–C–C–N with tert-alkyl or cyclic N) is 1. The van der Waals surface area contributed by atoms with Crippen molar-refractivity contribution in [1.29, 1.82) is 4.78 Å². The fourth-order valence-electron chi connectivity index (χ4n) is 3.97. The zero-order valence-corrected chi connectivity index (χ0v) is 18.9. The van der Waals surface area contributed by atoms with Gasteiger partial charge in [0.1, 0.15) is 15.7 Å². The number of aryl methyl sites for hydroxylation is 2. The van der Waals surface area contributed by atoms with Crippen LogP contribution in [-0.2, 0) is 22.8 Å². The number of halogens is 3. The van der Waals surface area contributed by atoms with Crippen molar-refractivity contribution in [3.8, 4) is 5.75 Å². The summed E-state index contributed by atoms with van der Waals surface area (Å²) >= 11 is 0. The van der Waals surface area contributed by atoms with Gasteiger partial charge in [0.15, 0.2) is 0 Å². The molecule has 1 heterocycles. The van der Waals surface area contributed by atoms with Gasteiger partial charge in [-0.2, -0.15) is 0 Å². The Labute approximate surface area is 196 Å². The topological polar surface area (TPSA) is 85.7 Å². The maximum atomic E-state index is 12.8. The average Bonchev–Trinajstić information content (AvgIpc) is 2.95. The highest BCUT2D eigenvalue weighted by Gasteiger charge is 2.31. The van der Waals surface area contributed by atoms with E-state index in [1.165, 1.54) is 0 Å². The number of nitrogens with one attached hydrogen (secondary N) is 2. The zero-order chi connectivity index (χ0) is 24.3. The van der Waals surface area contributed by atoms with Crippen molar-refractivity contribution < 1.29 is 27.2 Å². The molecule has 6 nitrogen and oxygen atoms in total. The van der Waals surface area contributed by atoms with Crippen molar-refractivity contribution in [2.45, 2.75) is 30.2 Å². The van der Waals surface area contributed by atoms with Gasteiger partial charge in [0.05, 0.1) is 17.5 Å². The van der Waals surface area contributed by atoms with E-state index in [0.29, 0.717) is 0 Å². The molecule has 0 aromatic heterocycles. The third-order valence-corrected chi connectivity index (χ3v) is 7.04. The Morgan fingerprint density at radius 2 is 1.50 bits per heavy atom. The van der Waals surface area contributed by atoms with Crippen molar-refractivity contribution >= 4 is 21.3 Å². The summed E-state index contributed by atoms with van der Waals surface area (Å²) in [7, 11) is -3.55. The molecule has 10 heteroatoms. The summed E-state index contributed by atoms with van der Waals surface area (Å²) < 4.78 is 64.3. The maximum Gasteiger partial charge on any atom is 0.573 e. The number of aliphatic hydroxyl groups excluding tert-OH is 1. The molecule has 1 aliphatic heterocycles. The van der Waals surface area contributed by atoms with E-state index >= 15 is 0 Å². The average molecular weight is 492 g/mol. The first kappa shape index (κ1) is 24.1. The lowest BCUT2D eigenvalue weighted by molar-refractivity contribution is -0.274. The van der Waals surface area contributed by atoms with E-state index in [2.05, 4.69) is 21.6 Å². The summed E-state index contributed by atoms with van der Waals surface area (Å²) in [5.41, 5.74) is 4.28. The molecule has 0 saturated carbocycles. The molecule has 0 amide bonds. The quantitative estimate of drug-likeness (QED) is 0.444. The maximum absolute atomic E-state index is 12.8. The molecule has 34 heavy (non-hydrogen) atoms. The SMILES string of the molecule is N=[S@@](=O)(NC[C@@H](O)CN1c2ccccc2CCc2ccccc21)c1ccc(OC(F)(F)F)cc1. The molecule has 3 aromatic rings. The van der Waals surface area contributed by atoms with E-state index in [1.807, 2.05) is 41.3 Å². The molecule has 3 aromatic carbocycles. The number of para-hydroxylation sites is 2. The number of alkyl halides is 3. The van der Waals surface area contributed by atoms with Crippen LogP contribution in [0.15, 0.2) is 77.7 Å². The Balaban J connectivity index is 1.46. The fraction of sp³-hybridized carbons (Fsp3) is 0.250. The summed E-state index contributed by atoms with van der Waals surface area (Å²) in [5.74, 6) is -0.468. The number of hydrogen-bond donors (Lipinski definition) is 3. The van der Waals surface area contributed by atoms with E-state index in [4.69, 9.17) is 4.78 Å². The molecule has 1 aliphatic rings. The normalized spacial score (nSPS) is 16.1. The monoisotopic (exact) mass is 491 g/mol. The Morgan fingerprint density at radius 1 is 0.971 bits per heavy atom. The molecule has 0 spiro atoms. The van der Waals surface area contributed by atoms with E-state index in [-0.39, 0.29) is 18.0 Å². The molecule has 2 atom stereocenters. The highest BCUT2D eigenvalue weighted by atomic mass is 32.2. The lowest BCUT2D eigenvalue weighted by atomic mass is 10.0. The van der Waals surface area contributed by atoms with Crippen molar-refractivity contribution in [2.24, 2.45) is 0 Å². The summed E-state index contributed by atoms with van der Waals surface area (Å²) in [6.45, 7) is 0.0544. The number of rotatable bonds is 7. The van der Waals surface area contributed by atoms with E-state index in [9.17, 15) is 22.5 Å². The number of fused-ring (bicyclic) bond motifs is 2. The van der Waals surface area contributed by atoms with Crippen molar-refractivity contribution in [2.75, 3.05) is 18.0 Å². The second-order valence-electron chi connectivity index (χ2n) is 7.95. The molecule has 0 bridgehead atoms. The van der Waals surface area contributed by atoms with Crippen LogP contribution in [0.1, 0.15) is 11.1 Å². The summed E-state index contributed by atoms with van der Waals surface area (Å²) in [4.78, 5) is 2.01. The summed E-state index contributed by atoms with van der Waals surface area (Å²) in [6, 6.07) is 20.2. The summed E-state index contributed by atoms with van der Waals surface area (Å²) in [5, 5.41) is 10.8. The lowest BCUT2D eigenvalue weighted by Crippen LogP contribution is -2.38. The van der Waals surface area contributed by atoms with Gasteiger partial charge in [0.2, 0.25) is 0 Å². The van der Waals surface area contributed by atoms with Gasteiger partial charge < -0.3 is 14.7 Å². The predicted octanol–water partition coefficient (Wildman–Crippen LogP) is 4.79. The number of aliphatic hydroxyl groups is 1. The van der Waals surface area contributed by atoms with Crippen LogP contribution in [0.25, 0.3) is 0 Å². The third kappa shape index (κ3) is 5.69. The number of hydrogen-bond acceptors (Lipinski definition) is 5. The van der Waals surface area contributed by atoms with Gasteiger partial charge in [-0.15, -0.1) is 13.2 Å². The van der Waals surface area contributed by atoms with E-state index < -0.39 is 28.1 Å². The van der Waals surface area contributed by atoms with Crippen molar-refractivity contribution in [3.63, 3.8) is 0 Å². The Morgan fingerprint density at radius 3 is 2.03 bits per heavy atom. The molecule has 180 valence electrons. The van der Waals surface area contributed by atoms with Crippen LogP contribution in [0, 0.1) is 4.78 Å². The van der Waals surface area contributed by atoms with Gasteiger partial charge >= 0.3 is 6.36 Å². The van der Waals surface area contributed by atoms with E-state index in [0.717, 1.165) is 59.6 Å². The molecular formula is C24H24F3N3O3S. The highest BCUT2D eigenvalue weighted by Crippen LogP contribution is 2.36. The molecule has 0 fully saturated rings.